The Balaban J connectivity index is 2.09. The second-order valence-electron chi connectivity index (χ2n) is 3.90. The van der Waals surface area contributed by atoms with E-state index in [-0.39, 0.29) is 11.4 Å². The summed E-state index contributed by atoms with van der Waals surface area (Å²) in [7, 11) is -3.47. The molecule has 0 spiro atoms. The summed E-state index contributed by atoms with van der Waals surface area (Å²) < 4.78 is 27.6. The van der Waals surface area contributed by atoms with Gasteiger partial charge in [-0.2, -0.15) is 0 Å². The van der Waals surface area contributed by atoms with Crippen LogP contribution in [0.25, 0.3) is 0 Å². The van der Waals surface area contributed by atoms with E-state index in [1.807, 2.05) is 0 Å². The van der Waals surface area contributed by atoms with E-state index in [4.69, 9.17) is 11.6 Å². The Labute approximate surface area is 131 Å². The summed E-state index contributed by atoms with van der Waals surface area (Å²) in [5.74, 6) is 0. The van der Waals surface area contributed by atoms with Crippen molar-refractivity contribution < 1.29 is 8.42 Å². The van der Waals surface area contributed by atoms with Gasteiger partial charge in [0.25, 0.3) is 0 Å². The Hall–Kier alpha value is -0.630. The van der Waals surface area contributed by atoms with Crippen LogP contribution >= 0.6 is 34.2 Å². The first-order valence-electron chi connectivity index (χ1n) is 5.47. The van der Waals surface area contributed by atoms with Crippen LogP contribution in [0.15, 0.2) is 53.4 Å². The van der Waals surface area contributed by atoms with Crippen molar-refractivity contribution >= 4 is 44.2 Å². The molecule has 0 heterocycles. The lowest BCUT2D eigenvalue weighted by molar-refractivity contribution is 0.581. The smallest absolute Gasteiger partial charge is 0.207 e. The van der Waals surface area contributed by atoms with Gasteiger partial charge in [-0.25, -0.2) is 13.1 Å². The highest BCUT2D eigenvalue weighted by Crippen LogP contribution is 2.13. The third kappa shape index (κ3) is 4.17. The maximum atomic E-state index is 12.0. The lowest BCUT2D eigenvalue weighted by atomic mass is 10.2. The Morgan fingerprint density at radius 3 is 2.16 bits per heavy atom. The minimum Gasteiger partial charge on any atom is -0.207 e. The third-order valence-electron chi connectivity index (χ3n) is 2.50. The number of hydrogen-bond donors (Lipinski definition) is 1. The molecule has 0 aliphatic carbocycles. The topological polar surface area (TPSA) is 46.2 Å². The van der Waals surface area contributed by atoms with Crippen molar-refractivity contribution in [3.8, 4) is 0 Å². The van der Waals surface area contributed by atoms with Crippen molar-refractivity contribution in [2.45, 2.75) is 11.4 Å². The maximum Gasteiger partial charge on any atom is 0.240 e. The number of halogens is 2. The van der Waals surface area contributed by atoms with Gasteiger partial charge in [-0.05, 0) is 64.6 Å². The predicted molar refractivity (Wildman–Crippen MR) is 84.6 cm³/mol. The van der Waals surface area contributed by atoms with E-state index in [1.54, 1.807) is 48.5 Å². The molecule has 0 aliphatic rings. The quantitative estimate of drug-likeness (QED) is 0.790. The zero-order valence-corrected chi connectivity index (χ0v) is 13.5. The number of rotatable bonds is 4. The van der Waals surface area contributed by atoms with Gasteiger partial charge < -0.3 is 0 Å². The average molecular weight is 408 g/mol. The molecule has 0 saturated heterocycles. The number of hydrogen-bond acceptors (Lipinski definition) is 2. The second-order valence-corrected chi connectivity index (χ2v) is 7.35. The molecular formula is C13H11ClINO2S. The molecule has 2 rings (SSSR count). The fourth-order valence-electron chi connectivity index (χ4n) is 1.48. The molecule has 0 aromatic heterocycles. The zero-order valence-electron chi connectivity index (χ0n) is 9.81. The summed E-state index contributed by atoms with van der Waals surface area (Å²) in [6, 6.07) is 13.7. The molecule has 0 radical (unpaired) electrons. The van der Waals surface area contributed by atoms with Crippen LogP contribution in [0.1, 0.15) is 5.56 Å². The van der Waals surface area contributed by atoms with E-state index in [0.29, 0.717) is 5.02 Å². The zero-order chi connectivity index (χ0) is 13.9. The molecule has 6 heteroatoms. The van der Waals surface area contributed by atoms with Crippen LogP contribution in [0.2, 0.25) is 5.02 Å². The first-order valence-corrected chi connectivity index (χ1v) is 8.41. The van der Waals surface area contributed by atoms with E-state index in [2.05, 4.69) is 27.3 Å². The maximum absolute atomic E-state index is 12.0. The third-order valence-corrected chi connectivity index (χ3v) is 4.89. The fourth-order valence-corrected chi connectivity index (χ4v) is 2.98. The largest absolute Gasteiger partial charge is 0.240 e. The van der Waals surface area contributed by atoms with Crippen LogP contribution in [0.5, 0.6) is 0 Å². The Morgan fingerprint density at radius 2 is 1.58 bits per heavy atom. The first-order chi connectivity index (χ1) is 8.97. The normalized spacial score (nSPS) is 11.5. The number of benzene rings is 2. The highest BCUT2D eigenvalue weighted by molar-refractivity contribution is 14.1. The minimum absolute atomic E-state index is 0.242. The van der Waals surface area contributed by atoms with Gasteiger partial charge in [-0.15, -0.1) is 0 Å². The van der Waals surface area contributed by atoms with Crippen LogP contribution in [0.3, 0.4) is 0 Å². The predicted octanol–water partition coefficient (Wildman–Crippen LogP) is 3.42. The Morgan fingerprint density at radius 1 is 1.00 bits per heavy atom. The Kier molecular flexibility index (Phi) is 4.83. The standard InChI is InChI=1S/C13H11ClINO2S/c14-11-3-1-10(2-4-11)9-16-19(17,18)13-7-5-12(15)6-8-13/h1-8,16H,9H2. The molecule has 19 heavy (non-hydrogen) atoms. The van der Waals surface area contributed by atoms with Crippen molar-refractivity contribution in [2.24, 2.45) is 0 Å². The van der Waals surface area contributed by atoms with Crippen molar-refractivity contribution in [1.29, 1.82) is 0 Å². The van der Waals surface area contributed by atoms with E-state index in [9.17, 15) is 8.42 Å². The SMILES string of the molecule is O=S(=O)(NCc1ccc(Cl)cc1)c1ccc(I)cc1. The monoisotopic (exact) mass is 407 g/mol. The molecule has 2 aromatic rings. The average Bonchev–Trinajstić information content (AvgIpc) is 2.39. The summed E-state index contributed by atoms with van der Waals surface area (Å²) in [5.41, 5.74) is 0.860. The number of sulfonamides is 1. The van der Waals surface area contributed by atoms with E-state index in [1.165, 1.54) is 0 Å². The van der Waals surface area contributed by atoms with E-state index < -0.39 is 10.0 Å². The van der Waals surface area contributed by atoms with Gasteiger partial charge in [0, 0.05) is 15.1 Å². The van der Waals surface area contributed by atoms with Crippen LogP contribution in [0.4, 0.5) is 0 Å². The lowest BCUT2D eigenvalue weighted by Crippen LogP contribution is -2.23. The molecule has 2 aromatic carbocycles. The molecule has 0 bridgehead atoms. The summed E-state index contributed by atoms with van der Waals surface area (Å²) in [6.07, 6.45) is 0. The lowest BCUT2D eigenvalue weighted by Gasteiger charge is -2.07. The van der Waals surface area contributed by atoms with Crippen LogP contribution < -0.4 is 4.72 Å². The van der Waals surface area contributed by atoms with Crippen molar-refractivity contribution in [3.63, 3.8) is 0 Å². The number of nitrogens with one attached hydrogen (secondary N) is 1. The highest BCUT2D eigenvalue weighted by Gasteiger charge is 2.13. The first kappa shape index (κ1) is 14.8. The van der Waals surface area contributed by atoms with Gasteiger partial charge in [-0.3, -0.25) is 0 Å². The highest BCUT2D eigenvalue weighted by atomic mass is 127. The van der Waals surface area contributed by atoms with Gasteiger partial charge in [0.05, 0.1) is 4.90 Å². The molecule has 0 saturated carbocycles. The summed E-state index contributed by atoms with van der Waals surface area (Å²) >= 11 is 7.90. The van der Waals surface area contributed by atoms with Crippen LogP contribution in [-0.2, 0) is 16.6 Å². The minimum atomic E-state index is -3.47. The van der Waals surface area contributed by atoms with Crippen LogP contribution in [0, 0.1) is 3.57 Å². The molecule has 0 unspecified atom stereocenters. The summed E-state index contributed by atoms with van der Waals surface area (Å²) in [4.78, 5) is 0.266. The van der Waals surface area contributed by atoms with Gasteiger partial charge in [0.15, 0.2) is 0 Å². The fraction of sp³-hybridized carbons (Fsp3) is 0.0769. The molecule has 0 fully saturated rings. The molecule has 100 valence electrons. The second kappa shape index (κ2) is 6.21. The van der Waals surface area contributed by atoms with E-state index >= 15 is 0 Å². The van der Waals surface area contributed by atoms with Crippen LogP contribution in [-0.4, -0.2) is 8.42 Å². The molecule has 1 N–H and O–H groups in total. The van der Waals surface area contributed by atoms with Gasteiger partial charge in [-0.1, -0.05) is 23.7 Å². The Bertz CT molecular complexity index is 654. The molecule has 0 atom stereocenters. The van der Waals surface area contributed by atoms with Gasteiger partial charge in [0.2, 0.25) is 10.0 Å². The molecule has 0 aliphatic heterocycles. The molecular weight excluding hydrogens is 397 g/mol. The molecule has 3 nitrogen and oxygen atoms in total. The van der Waals surface area contributed by atoms with Gasteiger partial charge in [0.1, 0.15) is 0 Å². The van der Waals surface area contributed by atoms with Gasteiger partial charge >= 0.3 is 0 Å². The van der Waals surface area contributed by atoms with Crippen molar-refractivity contribution in [2.75, 3.05) is 0 Å². The summed E-state index contributed by atoms with van der Waals surface area (Å²) in [5, 5.41) is 0.629. The molecule has 0 amide bonds. The summed E-state index contributed by atoms with van der Waals surface area (Å²) in [6.45, 7) is 0.242. The van der Waals surface area contributed by atoms with Crippen molar-refractivity contribution in [1.82, 2.24) is 4.72 Å². The van der Waals surface area contributed by atoms with Crippen molar-refractivity contribution in [3.05, 3.63) is 62.7 Å². The van der Waals surface area contributed by atoms with E-state index in [0.717, 1.165) is 9.13 Å².